The van der Waals surface area contributed by atoms with Crippen LogP contribution >= 0.6 is 11.6 Å². The van der Waals surface area contributed by atoms with Crippen molar-refractivity contribution < 1.29 is 4.79 Å². The van der Waals surface area contributed by atoms with E-state index in [0.717, 1.165) is 68.7 Å². The minimum Gasteiger partial charge on any atom is -0.356 e. The second kappa shape index (κ2) is 8.19. The van der Waals surface area contributed by atoms with Crippen LogP contribution in [0.1, 0.15) is 38.4 Å². The summed E-state index contributed by atoms with van der Waals surface area (Å²) in [5, 5.41) is 3.78. The molecular formula is C19H27ClN4O. The lowest BCUT2D eigenvalue weighted by Gasteiger charge is -2.31. The number of aromatic nitrogens is 2. The summed E-state index contributed by atoms with van der Waals surface area (Å²) in [6.45, 7) is 5.64. The van der Waals surface area contributed by atoms with Crippen LogP contribution in [0.4, 0.5) is 0 Å². The zero-order chi connectivity index (χ0) is 17.8. The average molecular weight is 363 g/mol. The van der Waals surface area contributed by atoms with Gasteiger partial charge >= 0.3 is 0 Å². The van der Waals surface area contributed by atoms with Gasteiger partial charge in [-0.15, -0.1) is 0 Å². The lowest BCUT2D eigenvalue weighted by Crippen LogP contribution is -2.40. The molecule has 1 aromatic heterocycles. The molecule has 0 saturated carbocycles. The van der Waals surface area contributed by atoms with Crippen LogP contribution in [-0.2, 0) is 18.4 Å². The van der Waals surface area contributed by atoms with Crippen molar-refractivity contribution in [1.29, 1.82) is 0 Å². The molecule has 0 atom stereocenters. The van der Waals surface area contributed by atoms with Crippen LogP contribution in [0.3, 0.4) is 0 Å². The third-order valence-electron chi connectivity index (χ3n) is 5.09. The quantitative estimate of drug-likeness (QED) is 0.802. The number of hydrogen-bond acceptors (Lipinski definition) is 3. The standard InChI is InChI=1S/C19H27ClN4O/c1-3-4-9-21-19(25)14-7-10-24(11-8-14)13-18-22-16-12-15(20)5-6-17(16)23(18)2/h5-6,12,14H,3-4,7-11,13H2,1-2H3,(H,21,25). The van der Waals surface area contributed by atoms with Gasteiger partial charge in [-0.25, -0.2) is 4.98 Å². The van der Waals surface area contributed by atoms with Crippen molar-refractivity contribution in [3.8, 4) is 0 Å². The van der Waals surface area contributed by atoms with Crippen molar-refractivity contribution in [1.82, 2.24) is 19.8 Å². The topological polar surface area (TPSA) is 50.2 Å². The molecule has 1 aromatic carbocycles. The lowest BCUT2D eigenvalue weighted by molar-refractivity contribution is -0.126. The Labute approximate surface area is 154 Å². The van der Waals surface area contributed by atoms with E-state index in [0.29, 0.717) is 5.02 Å². The Balaban J connectivity index is 1.56. The molecule has 6 heteroatoms. The Morgan fingerprint density at radius 2 is 2.12 bits per heavy atom. The molecule has 136 valence electrons. The van der Waals surface area contributed by atoms with Gasteiger partial charge in [0.1, 0.15) is 5.82 Å². The number of likely N-dealkylation sites (tertiary alicyclic amines) is 1. The van der Waals surface area contributed by atoms with Crippen LogP contribution < -0.4 is 5.32 Å². The third kappa shape index (κ3) is 4.33. The van der Waals surface area contributed by atoms with E-state index in [1.54, 1.807) is 0 Å². The van der Waals surface area contributed by atoms with Crippen molar-refractivity contribution in [2.24, 2.45) is 13.0 Å². The SMILES string of the molecule is CCCCNC(=O)C1CCN(Cc2nc3cc(Cl)ccc3n2C)CC1. The van der Waals surface area contributed by atoms with Gasteiger partial charge in [0.2, 0.25) is 5.91 Å². The molecule has 5 nitrogen and oxygen atoms in total. The fraction of sp³-hybridized carbons (Fsp3) is 0.579. The lowest BCUT2D eigenvalue weighted by atomic mass is 9.96. The molecule has 1 aliphatic rings. The first-order valence-electron chi connectivity index (χ1n) is 9.19. The van der Waals surface area contributed by atoms with Crippen LogP contribution in [0.25, 0.3) is 11.0 Å². The molecule has 3 rings (SSSR count). The van der Waals surface area contributed by atoms with E-state index in [2.05, 4.69) is 21.7 Å². The second-order valence-corrected chi connectivity index (χ2v) is 7.35. The van der Waals surface area contributed by atoms with Gasteiger partial charge in [-0.05, 0) is 50.6 Å². The average Bonchev–Trinajstić information content (AvgIpc) is 2.90. The highest BCUT2D eigenvalue weighted by molar-refractivity contribution is 6.31. The van der Waals surface area contributed by atoms with Crippen molar-refractivity contribution >= 4 is 28.5 Å². The minimum absolute atomic E-state index is 0.160. The van der Waals surface area contributed by atoms with E-state index in [1.165, 1.54) is 0 Å². The van der Waals surface area contributed by atoms with Gasteiger partial charge in [0, 0.05) is 24.5 Å². The van der Waals surface area contributed by atoms with E-state index in [4.69, 9.17) is 16.6 Å². The Morgan fingerprint density at radius 3 is 2.84 bits per heavy atom. The minimum atomic E-state index is 0.160. The highest BCUT2D eigenvalue weighted by atomic mass is 35.5. The van der Waals surface area contributed by atoms with E-state index in [-0.39, 0.29) is 11.8 Å². The monoisotopic (exact) mass is 362 g/mol. The number of hydrogen-bond donors (Lipinski definition) is 1. The predicted molar refractivity (Wildman–Crippen MR) is 102 cm³/mol. The fourth-order valence-corrected chi connectivity index (χ4v) is 3.62. The molecule has 2 aromatic rings. The molecule has 1 fully saturated rings. The van der Waals surface area contributed by atoms with Crippen LogP contribution in [0, 0.1) is 5.92 Å². The smallest absolute Gasteiger partial charge is 0.223 e. The van der Waals surface area contributed by atoms with Gasteiger partial charge in [0.25, 0.3) is 0 Å². The first-order valence-corrected chi connectivity index (χ1v) is 9.57. The Kier molecular flexibility index (Phi) is 5.97. The summed E-state index contributed by atoms with van der Waals surface area (Å²) in [4.78, 5) is 19.3. The third-order valence-corrected chi connectivity index (χ3v) is 5.32. The number of amides is 1. The maximum Gasteiger partial charge on any atom is 0.223 e. The van der Waals surface area contributed by atoms with E-state index < -0.39 is 0 Å². The van der Waals surface area contributed by atoms with Crippen LogP contribution in [0.2, 0.25) is 5.02 Å². The number of piperidine rings is 1. The Hall–Kier alpha value is -1.59. The number of halogens is 1. The van der Waals surface area contributed by atoms with Gasteiger partial charge in [-0.3, -0.25) is 9.69 Å². The van der Waals surface area contributed by atoms with E-state index in [1.807, 2.05) is 25.2 Å². The number of aryl methyl sites for hydroxylation is 1. The summed E-state index contributed by atoms with van der Waals surface area (Å²) in [7, 11) is 2.05. The number of rotatable bonds is 6. The molecule has 0 spiro atoms. The summed E-state index contributed by atoms with van der Waals surface area (Å²) >= 11 is 6.07. The van der Waals surface area contributed by atoms with Crippen molar-refractivity contribution in [2.45, 2.75) is 39.2 Å². The highest BCUT2D eigenvalue weighted by Crippen LogP contribution is 2.22. The van der Waals surface area contributed by atoms with Gasteiger partial charge < -0.3 is 9.88 Å². The number of fused-ring (bicyclic) bond motifs is 1. The van der Waals surface area contributed by atoms with Gasteiger partial charge in [-0.2, -0.15) is 0 Å². The normalized spacial score (nSPS) is 16.4. The molecule has 25 heavy (non-hydrogen) atoms. The zero-order valence-electron chi connectivity index (χ0n) is 15.1. The largest absolute Gasteiger partial charge is 0.356 e. The molecule has 1 amide bonds. The number of carbonyl (C=O) groups excluding carboxylic acids is 1. The van der Waals surface area contributed by atoms with Gasteiger partial charge in [0.15, 0.2) is 0 Å². The summed E-state index contributed by atoms with van der Waals surface area (Å²) in [5.74, 6) is 1.43. The summed E-state index contributed by atoms with van der Waals surface area (Å²) in [6, 6.07) is 5.83. The fourth-order valence-electron chi connectivity index (χ4n) is 3.45. The maximum atomic E-state index is 12.2. The number of unbranched alkanes of at least 4 members (excludes halogenated alkanes) is 1. The van der Waals surface area contributed by atoms with E-state index in [9.17, 15) is 4.79 Å². The highest BCUT2D eigenvalue weighted by Gasteiger charge is 2.25. The summed E-state index contributed by atoms with van der Waals surface area (Å²) in [6.07, 6.45) is 4.02. The zero-order valence-corrected chi connectivity index (χ0v) is 15.9. The predicted octanol–water partition coefficient (Wildman–Crippen LogP) is 3.36. The number of benzene rings is 1. The summed E-state index contributed by atoms with van der Waals surface area (Å²) in [5.41, 5.74) is 2.04. The second-order valence-electron chi connectivity index (χ2n) is 6.92. The first kappa shape index (κ1) is 18.2. The van der Waals surface area contributed by atoms with Crippen molar-refractivity contribution in [3.05, 3.63) is 29.0 Å². The number of imidazole rings is 1. The molecule has 1 aliphatic heterocycles. The number of nitrogens with zero attached hydrogens (tertiary/aromatic N) is 3. The molecular weight excluding hydrogens is 336 g/mol. The maximum absolute atomic E-state index is 12.2. The number of carbonyl (C=O) groups is 1. The van der Waals surface area contributed by atoms with Crippen LogP contribution in [0.5, 0.6) is 0 Å². The van der Waals surface area contributed by atoms with Gasteiger partial charge in [-0.1, -0.05) is 24.9 Å². The molecule has 0 radical (unpaired) electrons. The molecule has 1 saturated heterocycles. The number of nitrogens with one attached hydrogen (secondary N) is 1. The molecule has 1 N–H and O–H groups in total. The Bertz CT molecular complexity index is 734. The molecule has 0 bridgehead atoms. The van der Waals surface area contributed by atoms with E-state index >= 15 is 0 Å². The first-order chi connectivity index (χ1) is 12.1. The molecule has 2 heterocycles. The van der Waals surface area contributed by atoms with Crippen LogP contribution in [-0.4, -0.2) is 40.0 Å². The molecule has 0 aliphatic carbocycles. The van der Waals surface area contributed by atoms with Crippen LogP contribution in [0.15, 0.2) is 18.2 Å². The van der Waals surface area contributed by atoms with Gasteiger partial charge in [0.05, 0.1) is 17.6 Å². The summed E-state index contributed by atoms with van der Waals surface area (Å²) < 4.78 is 2.13. The van der Waals surface area contributed by atoms with Crippen molar-refractivity contribution in [3.63, 3.8) is 0 Å². The Morgan fingerprint density at radius 1 is 1.36 bits per heavy atom. The molecule has 0 unspecified atom stereocenters. The van der Waals surface area contributed by atoms with Crippen molar-refractivity contribution in [2.75, 3.05) is 19.6 Å².